The summed E-state index contributed by atoms with van der Waals surface area (Å²) >= 11 is 3.15. The third-order valence-corrected chi connectivity index (χ3v) is 1.74. The van der Waals surface area contributed by atoms with Crippen LogP contribution in [0.4, 0.5) is 8.78 Å². The standard InChI is InChI=1S/C9H7BrF2/c10-6-2-4-7-3-1-5-8(11)9(7)12/h1-5H,6H2/b4-2+. The van der Waals surface area contributed by atoms with Crippen molar-refractivity contribution in [3.05, 3.63) is 41.5 Å². The summed E-state index contributed by atoms with van der Waals surface area (Å²) in [6, 6.07) is 4.10. The molecule has 0 aliphatic rings. The van der Waals surface area contributed by atoms with Gasteiger partial charge in [0.2, 0.25) is 0 Å². The van der Waals surface area contributed by atoms with Crippen LogP contribution in [0.1, 0.15) is 5.56 Å². The molecule has 0 radical (unpaired) electrons. The zero-order valence-electron chi connectivity index (χ0n) is 6.23. The van der Waals surface area contributed by atoms with E-state index in [1.54, 1.807) is 6.08 Å². The molecule has 0 atom stereocenters. The molecule has 0 bridgehead atoms. The first-order valence-electron chi connectivity index (χ1n) is 3.42. The van der Waals surface area contributed by atoms with Gasteiger partial charge >= 0.3 is 0 Å². The summed E-state index contributed by atoms with van der Waals surface area (Å²) in [5.41, 5.74) is 0.273. The molecule has 0 aromatic heterocycles. The third-order valence-electron chi connectivity index (χ3n) is 1.37. The molecule has 3 heteroatoms. The highest BCUT2D eigenvalue weighted by molar-refractivity contribution is 9.09. The van der Waals surface area contributed by atoms with Crippen molar-refractivity contribution in [2.75, 3.05) is 5.33 Å². The SMILES string of the molecule is Fc1cccc(/C=C/CBr)c1F. The molecular weight excluding hydrogens is 226 g/mol. The highest BCUT2D eigenvalue weighted by Gasteiger charge is 2.03. The Kier molecular flexibility index (Phi) is 3.41. The van der Waals surface area contributed by atoms with Crippen LogP contribution < -0.4 is 0 Å². The Labute approximate surface area is 78.0 Å². The van der Waals surface area contributed by atoms with Crippen molar-refractivity contribution in [1.29, 1.82) is 0 Å². The Hall–Kier alpha value is -0.700. The molecule has 0 spiro atoms. The van der Waals surface area contributed by atoms with Gasteiger partial charge in [-0.25, -0.2) is 8.78 Å². The van der Waals surface area contributed by atoms with Crippen molar-refractivity contribution in [2.45, 2.75) is 0 Å². The lowest BCUT2D eigenvalue weighted by molar-refractivity contribution is 0.507. The van der Waals surface area contributed by atoms with Crippen molar-refractivity contribution in [2.24, 2.45) is 0 Å². The molecule has 0 unspecified atom stereocenters. The quantitative estimate of drug-likeness (QED) is 0.687. The predicted molar refractivity (Wildman–Crippen MR) is 49.2 cm³/mol. The maximum Gasteiger partial charge on any atom is 0.166 e. The summed E-state index contributed by atoms with van der Waals surface area (Å²) < 4.78 is 25.5. The molecule has 1 aromatic carbocycles. The summed E-state index contributed by atoms with van der Waals surface area (Å²) in [4.78, 5) is 0. The number of benzene rings is 1. The number of hydrogen-bond acceptors (Lipinski definition) is 0. The van der Waals surface area contributed by atoms with Gasteiger partial charge in [-0.15, -0.1) is 0 Å². The molecule has 1 aromatic rings. The summed E-state index contributed by atoms with van der Waals surface area (Å²) in [6.45, 7) is 0. The zero-order valence-corrected chi connectivity index (χ0v) is 7.81. The van der Waals surface area contributed by atoms with Gasteiger partial charge in [-0.1, -0.05) is 40.2 Å². The van der Waals surface area contributed by atoms with Crippen LogP contribution in [0.15, 0.2) is 24.3 Å². The molecule has 0 aliphatic carbocycles. The zero-order chi connectivity index (χ0) is 8.97. The van der Waals surface area contributed by atoms with E-state index in [1.165, 1.54) is 18.2 Å². The summed E-state index contributed by atoms with van der Waals surface area (Å²) in [5.74, 6) is -1.61. The molecule has 64 valence electrons. The van der Waals surface area contributed by atoms with Gasteiger partial charge in [-0.2, -0.15) is 0 Å². The second-order valence-corrected chi connectivity index (χ2v) is 2.85. The van der Waals surface area contributed by atoms with Crippen LogP contribution in [-0.2, 0) is 0 Å². The predicted octanol–water partition coefficient (Wildman–Crippen LogP) is 3.37. The van der Waals surface area contributed by atoms with Crippen LogP contribution in [0, 0.1) is 11.6 Å². The highest BCUT2D eigenvalue weighted by atomic mass is 79.9. The molecule has 0 saturated carbocycles. The number of alkyl halides is 1. The number of rotatable bonds is 2. The van der Waals surface area contributed by atoms with E-state index >= 15 is 0 Å². The minimum absolute atomic E-state index is 0.273. The van der Waals surface area contributed by atoms with E-state index in [9.17, 15) is 8.78 Å². The molecule has 0 saturated heterocycles. The molecule has 0 aliphatic heterocycles. The minimum atomic E-state index is -0.813. The maximum absolute atomic E-state index is 12.9. The van der Waals surface area contributed by atoms with Crippen LogP contribution in [0.25, 0.3) is 6.08 Å². The van der Waals surface area contributed by atoms with Crippen molar-refractivity contribution in [1.82, 2.24) is 0 Å². The molecule has 1 rings (SSSR count). The Morgan fingerprint density at radius 2 is 2.08 bits per heavy atom. The van der Waals surface area contributed by atoms with E-state index in [1.807, 2.05) is 0 Å². The normalized spacial score (nSPS) is 10.9. The van der Waals surface area contributed by atoms with Crippen molar-refractivity contribution in [3.63, 3.8) is 0 Å². The first-order valence-corrected chi connectivity index (χ1v) is 4.54. The van der Waals surface area contributed by atoms with Crippen LogP contribution in [0.2, 0.25) is 0 Å². The third kappa shape index (κ3) is 2.14. The number of hydrogen-bond donors (Lipinski definition) is 0. The van der Waals surface area contributed by atoms with E-state index in [0.717, 1.165) is 6.07 Å². The minimum Gasteiger partial charge on any atom is -0.204 e. The van der Waals surface area contributed by atoms with Crippen LogP contribution in [0.3, 0.4) is 0 Å². The average molecular weight is 233 g/mol. The topological polar surface area (TPSA) is 0 Å². The second kappa shape index (κ2) is 4.36. The van der Waals surface area contributed by atoms with Gasteiger partial charge in [0.1, 0.15) is 0 Å². The molecule has 0 fully saturated rings. The number of allylic oxidation sites excluding steroid dienone is 1. The smallest absolute Gasteiger partial charge is 0.166 e. The van der Waals surface area contributed by atoms with E-state index in [-0.39, 0.29) is 5.56 Å². The van der Waals surface area contributed by atoms with Gasteiger partial charge in [-0.05, 0) is 6.07 Å². The van der Waals surface area contributed by atoms with Gasteiger partial charge in [0, 0.05) is 10.9 Å². The summed E-state index contributed by atoms with van der Waals surface area (Å²) in [6.07, 6.45) is 3.24. The van der Waals surface area contributed by atoms with Gasteiger partial charge in [-0.3, -0.25) is 0 Å². The molecule has 0 nitrogen and oxygen atoms in total. The number of halogens is 3. The van der Waals surface area contributed by atoms with Crippen molar-refractivity contribution >= 4 is 22.0 Å². The van der Waals surface area contributed by atoms with Crippen LogP contribution in [-0.4, -0.2) is 5.33 Å². The molecular formula is C9H7BrF2. The summed E-state index contributed by atoms with van der Waals surface area (Å²) in [5, 5.41) is 0.628. The average Bonchev–Trinajstić information content (AvgIpc) is 2.08. The van der Waals surface area contributed by atoms with Crippen LogP contribution in [0.5, 0.6) is 0 Å². The first-order chi connectivity index (χ1) is 5.75. The van der Waals surface area contributed by atoms with Gasteiger partial charge in [0.05, 0.1) is 0 Å². The lowest BCUT2D eigenvalue weighted by atomic mass is 10.2. The monoisotopic (exact) mass is 232 g/mol. The van der Waals surface area contributed by atoms with Gasteiger partial charge in [0.25, 0.3) is 0 Å². The Morgan fingerprint density at radius 3 is 2.75 bits per heavy atom. The van der Waals surface area contributed by atoms with Crippen LogP contribution >= 0.6 is 15.9 Å². The summed E-state index contributed by atoms with van der Waals surface area (Å²) in [7, 11) is 0. The first kappa shape index (κ1) is 9.39. The largest absolute Gasteiger partial charge is 0.204 e. The molecule has 0 heterocycles. The fraction of sp³-hybridized carbons (Fsp3) is 0.111. The molecule has 12 heavy (non-hydrogen) atoms. The van der Waals surface area contributed by atoms with E-state index in [0.29, 0.717) is 5.33 Å². The highest BCUT2D eigenvalue weighted by Crippen LogP contribution is 2.12. The lowest BCUT2D eigenvalue weighted by Gasteiger charge is -1.96. The Morgan fingerprint density at radius 1 is 1.33 bits per heavy atom. The second-order valence-electron chi connectivity index (χ2n) is 2.20. The maximum atomic E-state index is 12.9. The van der Waals surface area contributed by atoms with Gasteiger partial charge < -0.3 is 0 Å². The van der Waals surface area contributed by atoms with Crippen molar-refractivity contribution in [3.8, 4) is 0 Å². The fourth-order valence-electron chi connectivity index (χ4n) is 0.821. The van der Waals surface area contributed by atoms with E-state index in [2.05, 4.69) is 15.9 Å². The van der Waals surface area contributed by atoms with Crippen molar-refractivity contribution < 1.29 is 8.78 Å². The van der Waals surface area contributed by atoms with E-state index < -0.39 is 11.6 Å². The Bertz CT molecular complexity index is 295. The lowest BCUT2D eigenvalue weighted by Crippen LogP contribution is -1.86. The van der Waals surface area contributed by atoms with Gasteiger partial charge in [0.15, 0.2) is 11.6 Å². The van der Waals surface area contributed by atoms with E-state index in [4.69, 9.17) is 0 Å². The molecule has 0 amide bonds. The molecule has 0 N–H and O–H groups in total. The Balaban J connectivity index is 3.00. The fourth-order valence-corrected chi connectivity index (χ4v) is 1.01.